The smallest absolute Gasteiger partial charge is 0.250 e. The largest absolute Gasteiger partial charge is 0.342 e. The van der Waals surface area contributed by atoms with Crippen LogP contribution < -0.4 is 10.2 Å². The number of anilines is 1. The minimum Gasteiger partial charge on any atom is -0.342 e. The Morgan fingerprint density at radius 2 is 2.10 bits per heavy atom. The van der Waals surface area contributed by atoms with Crippen LogP contribution in [0.3, 0.4) is 0 Å². The van der Waals surface area contributed by atoms with Crippen molar-refractivity contribution in [3.8, 4) is 0 Å². The van der Waals surface area contributed by atoms with Crippen LogP contribution in [0.2, 0.25) is 0 Å². The zero-order valence-electron chi connectivity index (χ0n) is 11.9. The Labute approximate surface area is 133 Å². The molecule has 108 valence electrons. The van der Waals surface area contributed by atoms with E-state index in [2.05, 4.69) is 27.9 Å². The van der Waals surface area contributed by atoms with Gasteiger partial charge in [0.05, 0.1) is 0 Å². The van der Waals surface area contributed by atoms with Crippen LogP contribution in [0.25, 0.3) is 0 Å². The van der Waals surface area contributed by atoms with Gasteiger partial charge in [0, 0.05) is 9.26 Å². The van der Waals surface area contributed by atoms with E-state index in [0.717, 1.165) is 15.7 Å². The summed E-state index contributed by atoms with van der Waals surface area (Å²) in [6, 6.07) is 6.78. The van der Waals surface area contributed by atoms with E-state index in [4.69, 9.17) is 0 Å². The quantitative estimate of drug-likeness (QED) is 0.812. The van der Waals surface area contributed by atoms with E-state index in [1.165, 1.54) is 0 Å². The number of hydrogen-bond acceptors (Lipinski definition) is 2. The Kier molecular flexibility index (Phi) is 4.67. The van der Waals surface area contributed by atoms with E-state index in [0.29, 0.717) is 0 Å². The van der Waals surface area contributed by atoms with Gasteiger partial charge in [-0.3, -0.25) is 14.5 Å². The van der Waals surface area contributed by atoms with Crippen molar-refractivity contribution in [1.82, 2.24) is 5.32 Å². The van der Waals surface area contributed by atoms with Crippen molar-refractivity contribution in [3.05, 3.63) is 27.8 Å². The summed E-state index contributed by atoms with van der Waals surface area (Å²) < 4.78 is 1.05. The third kappa shape index (κ3) is 2.82. The molecular formula is C15H19IN2O2. The molecule has 2 amide bonds. The molecule has 0 spiro atoms. The van der Waals surface area contributed by atoms with E-state index in [1.807, 2.05) is 38.1 Å². The van der Waals surface area contributed by atoms with Crippen molar-refractivity contribution in [1.29, 1.82) is 0 Å². The monoisotopic (exact) mass is 386 g/mol. The maximum absolute atomic E-state index is 12.7. The summed E-state index contributed by atoms with van der Waals surface area (Å²) in [7, 11) is 0. The van der Waals surface area contributed by atoms with Crippen LogP contribution in [-0.2, 0) is 9.59 Å². The Balaban J connectivity index is 2.38. The van der Waals surface area contributed by atoms with Gasteiger partial charge >= 0.3 is 0 Å². The van der Waals surface area contributed by atoms with Crippen molar-refractivity contribution in [2.45, 2.75) is 39.3 Å². The molecule has 5 heteroatoms. The number of nitrogens with one attached hydrogen (secondary N) is 1. The van der Waals surface area contributed by atoms with Gasteiger partial charge in [-0.05, 0) is 53.6 Å². The summed E-state index contributed by atoms with van der Waals surface area (Å²) in [4.78, 5) is 26.5. The molecule has 1 fully saturated rings. The Morgan fingerprint density at radius 3 is 2.70 bits per heavy atom. The minimum atomic E-state index is -0.471. The molecule has 3 unspecified atom stereocenters. The first-order chi connectivity index (χ1) is 9.45. The third-order valence-corrected chi connectivity index (χ3v) is 4.54. The average Bonchev–Trinajstić information content (AvgIpc) is 2.42. The van der Waals surface area contributed by atoms with Gasteiger partial charge in [-0.2, -0.15) is 0 Å². The molecule has 2 rings (SSSR count). The molecular weight excluding hydrogens is 367 g/mol. The number of amides is 2. The Hall–Kier alpha value is -1.11. The molecule has 1 heterocycles. The predicted octanol–water partition coefficient (Wildman–Crippen LogP) is 2.56. The lowest BCUT2D eigenvalue weighted by molar-refractivity contribution is -0.134. The zero-order valence-corrected chi connectivity index (χ0v) is 14.0. The van der Waals surface area contributed by atoms with E-state index >= 15 is 0 Å². The molecule has 1 aliphatic heterocycles. The van der Waals surface area contributed by atoms with Crippen LogP contribution in [0.15, 0.2) is 24.3 Å². The average molecular weight is 386 g/mol. The van der Waals surface area contributed by atoms with Gasteiger partial charge in [0.15, 0.2) is 0 Å². The number of piperazine rings is 1. The molecule has 0 aromatic heterocycles. The van der Waals surface area contributed by atoms with Crippen molar-refractivity contribution in [2.24, 2.45) is 5.92 Å². The molecule has 20 heavy (non-hydrogen) atoms. The fourth-order valence-electron chi connectivity index (χ4n) is 2.39. The van der Waals surface area contributed by atoms with Crippen LogP contribution in [0.1, 0.15) is 27.2 Å². The summed E-state index contributed by atoms with van der Waals surface area (Å²) in [5.41, 5.74) is 0.789. The lowest BCUT2D eigenvalue weighted by atomic mass is 9.94. The third-order valence-electron chi connectivity index (χ3n) is 3.87. The lowest BCUT2D eigenvalue weighted by Gasteiger charge is -2.39. The highest BCUT2D eigenvalue weighted by atomic mass is 127. The van der Waals surface area contributed by atoms with Gasteiger partial charge in [-0.15, -0.1) is 0 Å². The summed E-state index contributed by atoms with van der Waals surface area (Å²) in [6.07, 6.45) is 0.852. The van der Waals surface area contributed by atoms with Crippen LogP contribution >= 0.6 is 22.6 Å². The topological polar surface area (TPSA) is 49.4 Å². The first kappa shape index (κ1) is 15.3. The number of carbonyl (C=O) groups is 2. The van der Waals surface area contributed by atoms with Gasteiger partial charge in [-0.1, -0.05) is 26.3 Å². The van der Waals surface area contributed by atoms with Crippen molar-refractivity contribution < 1.29 is 9.59 Å². The maximum atomic E-state index is 12.7. The van der Waals surface area contributed by atoms with Crippen molar-refractivity contribution in [2.75, 3.05) is 4.90 Å². The second kappa shape index (κ2) is 6.11. The molecule has 4 nitrogen and oxygen atoms in total. The fourth-order valence-corrected chi connectivity index (χ4v) is 2.92. The van der Waals surface area contributed by atoms with E-state index < -0.39 is 12.1 Å². The highest BCUT2D eigenvalue weighted by Gasteiger charge is 2.40. The number of benzene rings is 1. The minimum absolute atomic E-state index is 0.0200. The molecule has 0 bridgehead atoms. The number of hydrogen-bond donors (Lipinski definition) is 1. The summed E-state index contributed by atoms with van der Waals surface area (Å²) >= 11 is 2.21. The van der Waals surface area contributed by atoms with Crippen LogP contribution in [0, 0.1) is 9.49 Å². The van der Waals surface area contributed by atoms with Crippen LogP contribution in [0.4, 0.5) is 5.69 Å². The molecule has 1 saturated heterocycles. The number of nitrogens with zero attached hydrogens (tertiary/aromatic N) is 1. The van der Waals surface area contributed by atoms with Gasteiger partial charge < -0.3 is 5.32 Å². The predicted molar refractivity (Wildman–Crippen MR) is 87.5 cm³/mol. The first-order valence-corrected chi connectivity index (χ1v) is 7.92. The SMILES string of the molecule is CCC(C)C1NC(=O)C(C)N(c2cccc(I)c2)C1=O. The molecule has 0 radical (unpaired) electrons. The molecule has 1 N–H and O–H groups in total. The normalized spacial score (nSPS) is 24.5. The van der Waals surface area contributed by atoms with Crippen molar-refractivity contribution >= 4 is 40.1 Å². The van der Waals surface area contributed by atoms with Crippen molar-refractivity contribution in [3.63, 3.8) is 0 Å². The molecule has 1 aliphatic rings. The Morgan fingerprint density at radius 1 is 1.40 bits per heavy atom. The first-order valence-electron chi connectivity index (χ1n) is 6.84. The fraction of sp³-hybridized carbons (Fsp3) is 0.467. The highest BCUT2D eigenvalue weighted by molar-refractivity contribution is 14.1. The molecule has 0 aliphatic carbocycles. The zero-order chi connectivity index (χ0) is 14.9. The van der Waals surface area contributed by atoms with Gasteiger partial charge in [0.2, 0.25) is 5.91 Å². The number of rotatable bonds is 3. The van der Waals surface area contributed by atoms with Gasteiger partial charge in [0.1, 0.15) is 12.1 Å². The second-order valence-electron chi connectivity index (χ2n) is 5.24. The molecule has 3 atom stereocenters. The molecule has 0 saturated carbocycles. The molecule has 1 aromatic rings. The van der Waals surface area contributed by atoms with E-state index in [1.54, 1.807) is 11.8 Å². The second-order valence-corrected chi connectivity index (χ2v) is 6.48. The summed E-state index contributed by atoms with van der Waals surface area (Å²) in [5, 5.41) is 2.85. The Bertz CT molecular complexity index is 532. The van der Waals surface area contributed by atoms with Crippen LogP contribution in [0.5, 0.6) is 0 Å². The maximum Gasteiger partial charge on any atom is 0.250 e. The van der Waals surface area contributed by atoms with Gasteiger partial charge in [0.25, 0.3) is 5.91 Å². The number of carbonyl (C=O) groups excluding carboxylic acids is 2. The summed E-state index contributed by atoms with van der Waals surface area (Å²) in [6.45, 7) is 5.78. The lowest BCUT2D eigenvalue weighted by Crippen LogP contribution is -2.64. The van der Waals surface area contributed by atoms with Crippen LogP contribution in [-0.4, -0.2) is 23.9 Å². The number of halogens is 1. The molecule has 1 aromatic carbocycles. The summed E-state index contributed by atoms with van der Waals surface area (Å²) in [5.74, 6) is 0.0199. The highest BCUT2D eigenvalue weighted by Crippen LogP contribution is 2.25. The van der Waals surface area contributed by atoms with Gasteiger partial charge in [-0.25, -0.2) is 0 Å². The van der Waals surface area contributed by atoms with E-state index in [-0.39, 0.29) is 17.7 Å². The standard InChI is InChI=1S/C15H19IN2O2/c1-4-9(2)13-15(20)18(10(3)14(19)17-13)12-7-5-6-11(16)8-12/h5-10,13H,4H2,1-3H3,(H,17,19). The van der Waals surface area contributed by atoms with E-state index in [9.17, 15) is 9.59 Å².